The molecular formula is C14H17F3N4O2. The van der Waals surface area contributed by atoms with Crippen molar-refractivity contribution in [3.8, 4) is 0 Å². The van der Waals surface area contributed by atoms with Crippen LogP contribution in [0.15, 0.2) is 6.07 Å². The van der Waals surface area contributed by atoms with E-state index in [1.54, 1.807) is 7.05 Å². The molecule has 1 aliphatic carbocycles. The largest absolute Gasteiger partial charge is 0.435 e. The number of nitrogens with zero attached hydrogens (tertiary/aromatic N) is 4. The van der Waals surface area contributed by atoms with Crippen LogP contribution in [0.2, 0.25) is 0 Å². The van der Waals surface area contributed by atoms with Crippen molar-refractivity contribution < 1.29 is 22.8 Å². The number of rotatable bonds is 2. The van der Waals surface area contributed by atoms with Crippen LogP contribution < -0.4 is 0 Å². The monoisotopic (exact) mass is 330 g/mol. The Hall–Kier alpha value is -2.06. The van der Waals surface area contributed by atoms with E-state index in [2.05, 4.69) is 5.10 Å². The number of hydrogen-bond donors (Lipinski definition) is 0. The zero-order chi connectivity index (χ0) is 16.8. The normalized spacial score (nSPS) is 19.9. The number of amides is 2. The Morgan fingerprint density at radius 3 is 2.61 bits per heavy atom. The van der Waals surface area contributed by atoms with Crippen molar-refractivity contribution in [3.05, 3.63) is 17.5 Å². The number of halogens is 3. The van der Waals surface area contributed by atoms with Crippen molar-refractivity contribution in [3.63, 3.8) is 0 Å². The van der Waals surface area contributed by atoms with Crippen molar-refractivity contribution in [1.82, 2.24) is 19.6 Å². The third-order valence-electron chi connectivity index (χ3n) is 4.10. The molecule has 0 atom stereocenters. The fourth-order valence-corrected chi connectivity index (χ4v) is 2.61. The van der Waals surface area contributed by atoms with Gasteiger partial charge in [0.25, 0.3) is 5.91 Å². The molecule has 9 heteroatoms. The zero-order valence-electron chi connectivity index (χ0n) is 12.6. The molecule has 6 nitrogen and oxygen atoms in total. The lowest BCUT2D eigenvalue weighted by molar-refractivity contribution is -0.141. The standard InChI is InChI=1S/C14H17F3N4O2/c1-19-5-2-6-20(8-12(19)22)13(23)10-7-11(14(15,16)17)18-21(10)9-3-4-9/h7,9H,2-6,8H2,1H3. The van der Waals surface area contributed by atoms with Gasteiger partial charge in [-0.15, -0.1) is 0 Å². The Balaban J connectivity index is 1.89. The molecule has 2 aliphatic rings. The van der Waals surface area contributed by atoms with Gasteiger partial charge in [-0.25, -0.2) is 0 Å². The number of carbonyl (C=O) groups excluding carboxylic acids is 2. The third kappa shape index (κ3) is 3.18. The average molecular weight is 330 g/mol. The first-order valence-corrected chi connectivity index (χ1v) is 7.47. The van der Waals surface area contributed by atoms with Gasteiger partial charge in [-0.1, -0.05) is 0 Å². The molecule has 3 rings (SSSR count). The fourth-order valence-electron chi connectivity index (χ4n) is 2.61. The Morgan fingerprint density at radius 1 is 1.30 bits per heavy atom. The maximum Gasteiger partial charge on any atom is 0.435 e. The van der Waals surface area contributed by atoms with Crippen LogP contribution in [0.3, 0.4) is 0 Å². The van der Waals surface area contributed by atoms with E-state index in [1.807, 2.05) is 0 Å². The summed E-state index contributed by atoms with van der Waals surface area (Å²) in [6.07, 6.45) is -2.58. The fraction of sp³-hybridized carbons (Fsp3) is 0.643. The molecule has 23 heavy (non-hydrogen) atoms. The van der Waals surface area contributed by atoms with Crippen molar-refractivity contribution in [2.45, 2.75) is 31.5 Å². The van der Waals surface area contributed by atoms with E-state index in [9.17, 15) is 22.8 Å². The van der Waals surface area contributed by atoms with Gasteiger partial charge in [-0.2, -0.15) is 18.3 Å². The van der Waals surface area contributed by atoms with Gasteiger partial charge in [-0.05, 0) is 19.3 Å². The number of likely N-dealkylation sites (N-methyl/N-ethyl adjacent to an activating group) is 1. The Kier molecular flexibility index (Phi) is 3.81. The molecule has 1 aromatic heterocycles. The van der Waals surface area contributed by atoms with E-state index in [-0.39, 0.29) is 24.2 Å². The summed E-state index contributed by atoms with van der Waals surface area (Å²) >= 11 is 0. The first-order valence-electron chi connectivity index (χ1n) is 7.47. The van der Waals surface area contributed by atoms with Gasteiger partial charge in [0.05, 0.1) is 6.04 Å². The minimum atomic E-state index is -4.59. The van der Waals surface area contributed by atoms with Crippen LogP contribution in [0.5, 0.6) is 0 Å². The van der Waals surface area contributed by atoms with Gasteiger partial charge < -0.3 is 9.80 Å². The molecule has 2 fully saturated rings. The molecule has 2 heterocycles. The molecule has 0 bridgehead atoms. The average Bonchev–Trinajstić information content (AvgIpc) is 3.23. The van der Waals surface area contributed by atoms with E-state index in [0.29, 0.717) is 32.4 Å². The molecule has 0 N–H and O–H groups in total. The molecule has 126 valence electrons. The highest BCUT2D eigenvalue weighted by Crippen LogP contribution is 2.38. The first kappa shape index (κ1) is 15.8. The topological polar surface area (TPSA) is 58.4 Å². The van der Waals surface area contributed by atoms with E-state index in [4.69, 9.17) is 0 Å². The van der Waals surface area contributed by atoms with Crippen molar-refractivity contribution in [2.24, 2.45) is 0 Å². The third-order valence-corrected chi connectivity index (χ3v) is 4.10. The zero-order valence-corrected chi connectivity index (χ0v) is 12.6. The second-order valence-corrected chi connectivity index (χ2v) is 5.98. The van der Waals surface area contributed by atoms with Gasteiger partial charge in [-0.3, -0.25) is 14.3 Å². The lowest BCUT2D eigenvalue weighted by atomic mass is 10.3. The quantitative estimate of drug-likeness (QED) is 0.826. The van der Waals surface area contributed by atoms with E-state index < -0.39 is 17.8 Å². The molecule has 1 saturated carbocycles. The predicted molar refractivity (Wildman–Crippen MR) is 73.7 cm³/mol. The molecule has 2 amide bonds. The van der Waals surface area contributed by atoms with E-state index in [0.717, 1.165) is 6.07 Å². The Bertz CT molecular complexity index is 636. The minimum absolute atomic E-state index is 0.0859. The highest BCUT2D eigenvalue weighted by molar-refractivity contribution is 5.95. The van der Waals surface area contributed by atoms with E-state index in [1.165, 1.54) is 14.5 Å². The molecule has 0 radical (unpaired) electrons. The summed E-state index contributed by atoms with van der Waals surface area (Å²) in [5.41, 5.74) is -1.15. The highest BCUT2D eigenvalue weighted by Gasteiger charge is 2.39. The summed E-state index contributed by atoms with van der Waals surface area (Å²) in [4.78, 5) is 27.3. The van der Waals surface area contributed by atoms with Gasteiger partial charge in [0.15, 0.2) is 5.69 Å². The summed E-state index contributed by atoms with van der Waals surface area (Å²) < 4.78 is 39.8. The maximum atomic E-state index is 12.9. The number of carbonyl (C=O) groups is 2. The Morgan fingerprint density at radius 2 is 2.00 bits per heavy atom. The lowest BCUT2D eigenvalue weighted by Gasteiger charge is -2.20. The van der Waals surface area contributed by atoms with Crippen LogP contribution in [0.4, 0.5) is 13.2 Å². The van der Waals surface area contributed by atoms with Crippen molar-refractivity contribution in [2.75, 3.05) is 26.7 Å². The van der Waals surface area contributed by atoms with Crippen LogP contribution in [-0.2, 0) is 11.0 Å². The van der Waals surface area contributed by atoms with Gasteiger partial charge in [0.2, 0.25) is 5.91 Å². The van der Waals surface area contributed by atoms with E-state index >= 15 is 0 Å². The lowest BCUT2D eigenvalue weighted by Crippen LogP contribution is -2.38. The molecule has 0 spiro atoms. The predicted octanol–water partition coefficient (Wildman–Crippen LogP) is 1.54. The molecule has 1 saturated heterocycles. The summed E-state index contributed by atoms with van der Waals surface area (Å²) in [5, 5.41) is 3.57. The highest BCUT2D eigenvalue weighted by atomic mass is 19.4. The summed E-state index contributed by atoms with van der Waals surface area (Å²) in [5.74, 6) is -0.784. The molecule has 1 aliphatic heterocycles. The number of hydrogen-bond acceptors (Lipinski definition) is 3. The SMILES string of the molecule is CN1CCCN(C(=O)c2cc(C(F)(F)F)nn2C2CC2)CC1=O. The van der Waals surface area contributed by atoms with Crippen LogP contribution in [0.1, 0.15) is 41.5 Å². The Labute approximate surface area is 130 Å². The molecule has 1 aromatic rings. The summed E-state index contributed by atoms with van der Waals surface area (Å²) in [7, 11) is 1.65. The molecule has 0 unspecified atom stereocenters. The minimum Gasteiger partial charge on any atom is -0.344 e. The molecular weight excluding hydrogens is 313 g/mol. The van der Waals surface area contributed by atoms with Crippen LogP contribution >= 0.6 is 0 Å². The van der Waals surface area contributed by atoms with Gasteiger partial charge in [0.1, 0.15) is 12.2 Å². The smallest absolute Gasteiger partial charge is 0.344 e. The van der Waals surface area contributed by atoms with Crippen LogP contribution in [-0.4, -0.2) is 58.1 Å². The summed E-state index contributed by atoms with van der Waals surface area (Å²) in [6, 6.07) is 0.634. The maximum absolute atomic E-state index is 12.9. The number of alkyl halides is 3. The van der Waals surface area contributed by atoms with Crippen LogP contribution in [0, 0.1) is 0 Å². The molecule has 0 aromatic carbocycles. The van der Waals surface area contributed by atoms with Crippen molar-refractivity contribution >= 4 is 11.8 Å². The second kappa shape index (κ2) is 5.54. The van der Waals surface area contributed by atoms with Gasteiger partial charge >= 0.3 is 6.18 Å². The second-order valence-electron chi connectivity index (χ2n) is 5.98. The first-order chi connectivity index (χ1) is 10.8. The van der Waals surface area contributed by atoms with Gasteiger partial charge in [0, 0.05) is 26.2 Å². The number of aromatic nitrogens is 2. The van der Waals surface area contributed by atoms with Crippen LogP contribution in [0.25, 0.3) is 0 Å². The summed E-state index contributed by atoms with van der Waals surface area (Å²) in [6.45, 7) is 0.747. The van der Waals surface area contributed by atoms with Crippen molar-refractivity contribution in [1.29, 1.82) is 0 Å².